The number of nitrogens with one attached hydrogen (secondary N) is 2. The van der Waals surface area contributed by atoms with Gasteiger partial charge in [0.25, 0.3) is 5.91 Å². The number of anilines is 2. The Bertz CT molecular complexity index is 874. The molecule has 1 amide bonds. The second-order valence-electron chi connectivity index (χ2n) is 5.06. The summed E-state index contributed by atoms with van der Waals surface area (Å²) in [7, 11) is 0. The molecule has 2 heterocycles. The Hall–Kier alpha value is -3.06. The van der Waals surface area contributed by atoms with Crippen LogP contribution in [0.2, 0.25) is 5.02 Å². The van der Waals surface area contributed by atoms with Crippen LogP contribution in [-0.4, -0.2) is 21.1 Å². The van der Waals surface area contributed by atoms with Crippen molar-refractivity contribution in [2.45, 2.75) is 6.54 Å². The fraction of sp³-hybridized carbons (Fsp3) is 0.0588. The molecule has 0 saturated heterocycles. The van der Waals surface area contributed by atoms with Gasteiger partial charge in [0.05, 0.1) is 17.3 Å². The normalized spacial score (nSPS) is 10.3. The Kier molecular flexibility index (Phi) is 5.15. The summed E-state index contributed by atoms with van der Waals surface area (Å²) >= 11 is 5.68. The van der Waals surface area contributed by atoms with Crippen LogP contribution in [0.25, 0.3) is 0 Å². The van der Waals surface area contributed by atoms with E-state index in [1.165, 1.54) is 24.3 Å². The van der Waals surface area contributed by atoms with Crippen LogP contribution in [0.5, 0.6) is 0 Å². The van der Waals surface area contributed by atoms with Gasteiger partial charge in [0.15, 0.2) is 5.69 Å². The number of amides is 1. The molecule has 2 N–H and O–H groups in total. The Labute approximate surface area is 148 Å². The van der Waals surface area contributed by atoms with Crippen LogP contribution in [0.15, 0.2) is 54.7 Å². The summed E-state index contributed by atoms with van der Waals surface area (Å²) in [5.74, 6) is -0.499. The van der Waals surface area contributed by atoms with Gasteiger partial charge < -0.3 is 10.6 Å². The summed E-state index contributed by atoms with van der Waals surface area (Å²) < 4.78 is 13.1. The van der Waals surface area contributed by atoms with Crippen LogP contribution in [0.3, 0.4) is 0 Å². The second-order valence-corrected chi connectivity index (χ2v) is 5.47. The van der Waals surface area contributed by atoms with Crippen LogP contribution in [0.4, 0.5) is 15.9 Å². The van der Waals surface area contributed by atoms with Gasteiger partial charge in [-0.05, 0) is 42.5 Å². The first-order chi connectivity index (χ1) is 12.1. The molecular weight excluding hydrogens is 345 g/mol. The molecule has 0 fully saturated rings. The molecule has 126 valence electrons. The number of carbonyl (C=O) groups excluding carboxylic acids is 1. The first-order valence-corrected chi connectivity index (χ1v) is 7.73. The fourth-order valence-corrected chi connectivity index (χ4v) is 2.18. The maximum absolute atomic E-state index is 13.1. The van der Waals surface area contributed by atoms with E-state index < -0.39 is 11.7 Å². The molecule has 3 rings (SSSR count). The Morgan fingerprint density at radius 1 is 1.12 bits per heavy atom. The molecule has 2 aromatic heterocycles. The van der Waals surface area contributed by atoms with E-state index in [9.17, 15) is 9.18 Å². The molecule has 0 aliphatic carbocycles. The molecule has 0 aliphatic rings. The lowest BCUT2D eigenvalue weighted by atomic mass is 10.3. The molecule has 25 heavy (non-hydrogen) atoms. The predicted molar refractivity (Wildman–Crippen MR) is 93.0 cm³/mol. The molecule has 8 heteroatoms. The topological polar surface area (TPSA) is 79.8 Å². The smallest absolute Gasteiger partial charge is 0.276 e. The van der Waals surface area contributed by atoms with Crippen molar-refractivity contribution in [3.8, 4) is 0 Å². The van der Waals surface area contributed by atoms with Gasteiger partial charge in [0.1, 0.15) is 11.6 Å². The quantitative estimate of drug-likeness (QED) is 0.730. The molecule has 0 atom stereocenters. The summed E-state index contributed by atoms with van der Waals surface area (Å²) in [4.78, 5) is 16.3. The minimum Gasteiger partial charge on any atom is -0.363 e. The monoisotopic (exact) mass is 357 g/mol. The molecule has 3 aromatic rings. The van der Waals surface area contributed by atoms with Gasteiger partial charge in [-0.3, -0.25) is 9.78 Å². The zero-order valence-corrected chi connectivity index (χ0v) is 13.7. The van der Waals surface area contributed by atoms with E-state index in [-0.39, 0.29) is 10.7 Å². The van der Waals surface area contributed by atoms with E-state index in [1.807, 2.05) is 18.2 Å². The van der Waals surface area contributed by atoms with Crippen LogP contribution in [0, 0.1) is 5.82 Å². The van der Waals surface area contributed by atoms with Gasteiger partial charge in [0, 0.05) is 11.9 Å². The van der Waals surface area contributed by atoms with Crippen LogP contribution >= 0.6 is 11.6 Å². The number of carbonyl (C=O) groups is 1. The highest BCUT2D eigenvalue weighted by Gasteiger charge is 2.10. The molecule has 0 bridgehead atoms. The van der Waals surface area contributed by atoms with Crippen LogP contribution in [0.1, 0.15) is 16.2 Å². The highest BCUT2D eigenvalue weighted by Crippen LogP contribution is 2.19. The number of benzene rings is 1. The number of nitrogens with zero attached hydrogens (tertiary/aromatic N) is 3. The van der Waals surface area contributed by atoms with Crippen molar-refractivity contribution >= 4 is 29.0 Å². The van der Waals surface area contributed by atoms with Gasteiger partial charge in [-0.1, -0.05) is 17.7 Å². The minimum absolute atomic E-state index is 0.0713. The molecule has 6 nitrogen and oxygen atoms in total. The van der Waals surface area contributed by atoms with Gasteiger partial charge in [-0.15, -0.1) is 10.2 Å². The van der Waals surface area contributed by atoms with Gasteiger partial charge >= 0.3 is 0 Å². The zero-order chi connectivity index (χ0) is 17.6. The SMILES string of the molecule is O=C(Nc1ccc(F)c(Cl)c1)c1ccc(NCc2ccccn2)nn1. The average Bonchev–Trinajstić information content (AvgIpc) is 2.64. The van der Waals surface area contributed by atoms with Gasteiger partial charge in [-0.25, -0.2) is 4.39 Å². The first kappa shape index (κ1) is 16.8. The van der Waals surface area contributed by atoms with E-state index >= 15 is 0 Å². The third kappa shape index (κ3) is 4.48. The number of hydrogen-bond donors (Lipinski definition) is 2. The van der Waals surface area contributed by atoms with Crippen molar-refractivity contribution in [3.05, 3.63) is 77.0 Å². The Balaban J connectivity index is 1.61. The summed E-state index contributed by atoms with van der Waals surface area (Å²) in [5, 5.41) is 13.4. The number of pyridine rings is 1. The van der Waals surface area contributed by atoms with E-state index in [0.717, 1.165) is 5.69 Å². The Morgan fingerprint density at radius 3 is 2.68 bits per heavy atom. The van der Waals surface area contributed by atoms with Crippen molar-refractivity contribution in [2.24, 2.45) is 0 Å². The standard InChI is InChI=1S/C17H13ClFN5O/c18-13-9-11(4-5-14(13)19)22-17(25)15-6-7-16(24-23-15)21-10-12-3-1-2-8-20-12/h1-9H,10H2,(H,21,24)(H,22,25). The van der Waals surface area contributed by atoms with E-state index in [0.29, 0.717) is 18.1 Å². The predicted octanol–water partition coefficient (Wildman–Crippen LogP) is 3.53. The van der Waals surface area contributed by atoms with Crippen molar-refractivity contribution in [2.75, 3.05) is 10.6 Å². The van der Waals surface area contributed by atoms with Crippen molar-refractivity contribution in [1.29, 1.82) is 0 Å². The summed E-state index contributed by atoms with van der Waals surface area (Å²) in [6.45, 7) is 0.495. The highest BCUT2D eigenvalue weighted by atomic mass is 35.5. The third-order valence-electron chi connectivity index (χ3n) is 3.25. The summed E-state index contributed by atoms with van der Waals surface area (Å²) in [6.07, 6.45) is 1.71. The number of rotatable bonds is 5. The third-order valence-corrected chi connectivity index (χ3v) is 3.54. The molecule has 0 saturated carbocycles. The van der Waals surface area contributed by atoms with Gasteiger partial charge in [0.2, 0.25) is 0 Å². The second kappa shape index (κ2) is 7.67. The molecule has 0 aliphatic heterocycles. The van der Waals surface area contributed by atoms with E-state index in [1.54, 1.807) is 12.3 Å². The van der Waals surface area contributed by atoms with Crippen molar-refractivity contribution in [3.63, 3.8) is 0 Å². The average molecular weight is 358 g/mol. The zero-order valence-electron chi connectivity index (χ0n) is 12.9. The molecular formula is C17H13ClFN5O. The summed E-state index contributed by atoms with van der Waals surface area (Å²) in [5.41, 5.74) is 1.36. The molecule has 0 radical (unpaired) electrons. The number of aromatic nitrogens is 3. The van der Waals surface area contributed by atoms with Gasteiger partial charge in [-0.2, -0.15) is 0 Å². The van der Waals surface area contributed by atoms with Crippen molar-refractivity contribution in [1.82, 2.24) is 15.2 Å². The van der Waals surface area contributed by atoms with E-state index in [2.05, 4.69) is 25.8 Å². The molecule has 0 unspecified atom stereocenters. The maximum Gasteiger partial charge on any atom is 0.276 e. The fourth-order valence-electron chi connectivity index (χ4n) is 2.00. The lowest BCUT2D eigenvalue weighted by Crippen LogP contribution is -2.15. The first-order valence-electron chi connectivity index (χ1n) is 7.36. The summed E-state index contributed by atoms with van der Waals surface area (Å²) in [6, 6.07) is 12.7. The number of hydrogen-bond acceptors (Lipinski definition) is 5. The maximum atomic E-state index is 13.1. The van der Waals surface area contributed by atoms with Crippen LogP contribution < -0.4 is 10.6 Å². The van der Waals surface area contributed by atoms with Crippen LogP contribution in [-0.2, 0) is 6.54 Å². The molecule has 0 spiro atoms. The van der Waals surface area contributed by atoms with E-state index in [4.69, 9.17) is 11.6 Å². The molecule has 1 aromatic carbocycles. The lowest BCUT2D eigenvalue weighted by molar-refractivity contribution is 0.102. The van der Waals surface area contributed by atoms with Crippen molar-refractivity contribution < 1.29 is 9.18 Å². The minimum atomic E-state index is -0.553. The lowest BCUT2D eigenvalue weighted by Gasteiger charge is -2.07. The number of halogens is 2. The largest absolute Gasteiger partial charge is 0.363 e. The highest BCUT2D eigenvalue weighted by molar-refractivity contribution is 6.31. The Morgan fingerprint density at radius 2 is 2.00 bits per heavy atom.